The maximum atomic E-state index is 5.93. The van der Waals surface area contributed by atoms with Crippen molar-refractivity contribution in [3.63, 3.8) is 0 Å². The number of unbranched alkanes of at least 4 members (excludes halogenated alkanes) is 4. The van der Waals surface area contributed by atoms with Crippen LogP contribution >= 0.6 is 23.2 Å². The van der Waals surface area contributed by atoms with Crippen molar-refractivity contribution in [1.82, 2.24) is 0 Å². The minimum atomic E-state index is -0.141. The normalized spacial score (nSPS) is 16.0. The van der Waals surface area contributed by atoms with Gasteiger partial charge in [-0.1, -0.05) is 39.0 Å². The van der Waals surface area contributed by atoms with Gasteiger partial charge in [0, 0.05) is 10.8 Å². The molecule has 0 aromatic carbocycles. The summed E-state index contributed by atoms with van der Waals surface area (Å²) in [5, 5.41) is -0.0915. The van der Waals surface area contributed by atoms with Crippen LogP contribution in [0.4, 0.5) is 0 Å². The van der Waals surface area contributed by atoms with E-state index >= 15 is 0 Å². The number of alkyl halides is 2. The topological polar surface area (TPSA) is 0 Å². The van der Waals surface area contributed by atoms with Crippen molar-refractivity contribution in [1.29, 1.82) is 0 Å². The largest absolute Gasteiger partial charge is 0.121 e. The first-order valence-corrected chi connectivity index (χ1v) is 5.67. The van der Waals surface area contributed by atoms with Gasteiger partial charge in [0.15, 0.2) is 0 Å². The first-order chi connectivity index (χ1) is 5.68. The second-order valence-corrected chi connectivity index (χ2v) is 4.36. The van der Waals surface area contributed by atoms with Gasteiger partial charge in [0.1, 0.15) is 0 Å². The van der Waals surface area contributed by atoms with Gasteiger partial charge in [-0.2, -0.15) is 0 Å². The van der Waals surface area contributed by atoms with Crippen molar-refractivity contribution in [2.45, 2.75) is 56.2 Å². The Labute approximate surface area is 86.6 Å². The monoisotopic (exact) mass is 209 g/mol. The molecule has 0 aromatic rings. The van der Waals surface area contributed by atoms with E-state index in [1.54, 1.807) is 0 Å². The van der Waals surface area contributed by atoms with Crippen molar-refractivity contribution >= 4 is 23.2 Å². The van der Waals surface area contributed by atoms with E-state index in [4.69, 9.17) is 23.2 Å². The minimum absolute atomic E-state index is 0.0493. The minimum Gasteiger partial charge on any atom is -0.121 e. The molecule has 0 fully saturated rings. The third-order valence-electron chi connectivity index (χ3n) is 1.98. The molecule has 0 saturated heterocycles. The molecule has 0 aliphatic carbocycles. The lowest BCUT2D eigenvalue weighted by atomic mass is 10.1. The van der Waals surface area contributed by atoms with E-state index in [-0.39, 0.29) is 10.8 Å². The summed E-state index contributed by atoms with van der Waals surface area (Å²) in [6, 6.07) is 0. The van der Waals surface area contributed by atoms with E-state index in [1.165, 1.54) is 32.1 Å². The van der Waals surface area contributed by atoms with Crippen LogP contribution in [0.25, 0.3) is 0 Å². The summed E-state index contributed by atoms with van der Waals surface area (Å²) in [5.74, 6) is 0. The first kappa shape index (κ1) is 12.6. The van der Waals surface area contributed by atoms with Gasteiger partial charge in [0.2, 0.25) is 0 Å². The zero-order valence-electron chi connectivity index (χ0n) is 7.86. The van der Waals surface area contributed by atoms with Crippen molar-refractivity contribution in [3.8, 4) is 0 Å². The van der Waals surface area contributed by atoms with Crippen molar-refractivity contribution < 1.29 is 0 Å². The molecule has 0 nitrogen and oxygen atoms in total. The van der Waals surface area contributed by atoms with E-state index in [9.17, 15) is 0 Å². The van der Waals surface area contributed by atoms with E-state index in [1.807, 2.05) is 0 Å². The zero-order chi connectivity index (χ0) is 9.40. The summed E-state index contributed by atoms with van der Waals surface area (Å²) in [5.41, 5.74) is 0. The molecule has 2 atom stereocenters. The van der Waals surface area contributed by atoms with Gasteiger partial charge in [0.05, 0.1) is 0 Å². The van der Waals surface area contributed by atoms with E-state index in [2.05, 4.69) is 13.8 Å². The molecule has 73 valence electrons. The SMILES string of the molecule is [CH2]C(Cl)C(Cl)CCCCCCC. The van der Waals surface area contributed by atoms with Crippen LogP contribution in [0.3, 0.4) is 0 Å². The van der Waals surface area contributed by atoms with E-state index < -0.39 is 0 Å². The summed E-state index contributed by atoms with van der Waals surface area (Å²) in [6.07, 6.45) is 7.42. The molecular formula is C10H19Cl2. The summed E-state index contributed by atoms with van der Waals surface area (Å²) < 4.78 is 0. The Hall–Kier alpha value is 0.580. The second kappa shape index (κ2) is 8.19. The molecule has 2 heteroatoms. The maximum absolute atomic E-state index is 5.93. The Morgan fingerprint density at radius 2 is 1.67 bits per heavy atom. The Balaban J connectivity index is 3.08. The van der Waals surface area contributed by atoms with Crippen LogP contribution in [0, 0.1) is 6.92 Å². The summed E-state index contributed by atoms with van der Waals surface area (Å²) >= 11 is 11.7. The highest BCUT2D eigenvalue weighted by Gasteiger charge is 2.10. The van der Waals surface area contributed by atoms with Crippen LogP contribution in [-0.4, -0.2) is 10.8 Å². The van der Waals surface area contributed by atoms with Gasteiger partial charge in [-0.05, 0) is 13.3 Å². The lowest BCUT2D eigenvalue weighted by Gasteiger charge is -2.10. The molecule has 2 unspecified atom stereocenters. The fourth-order valence-corrected chi connectivity index (χ4v) is 1.40. The van der Waals surface area contributed by atoms with Gasteiger partial charge in [-0.15, -0.1) is 23.2 Å². The van der Waals surface area contributed by atoms with E-state index in [0.717, 1.165) is 6.42 Å². The lowest BCUT2D eigenvalue weighted by molar-refractivity contribution is 0.596. The number of hydrogen-bond acceptors (Lipinski definition) is 0. The van der Waals surface area contributed by atoms with Crippen molar-refractivity contribution in [2.75, 3.05) is 0 Å². The highest BCUT2D eigenvalue weighted by atomic mass is 35.5. The van der Waals surface area contributed by atoms with Crippen molar-refractivity contribution in [2.24, 2.45) is 0 Å². The lowest BCUT2D eigenvalue weighted by Crippen LogP contribution is -2.10. The molecule has 0 N–H and O–H groups in total. The average molecular weight is 210 g/mol. The summed E-state index contributed by atoms with van der Waals surface area (Å²) in [4.78, 5) is 0. The quantitative estimate of drug-likeness (QED) is 0.431. The van der Waals surface area contributed by atoms with Gasteiger partial charge in [-0.25, -0.2) is 0 Å². The van der Waals surface area contributed by atoms with Crippen LogP contribution in [0.5, 0.6) is 0 Å². The molecule has 0 aliphatic heterocycles. The van der Waals surface area contributed by atoms with Crippen LogP contribution in [0.1, 0.15) is 45.4 Å². The number of rotatable bonds is 7. The highest BCUT2D eigenvalue weighted by molar-refractivity contribution is 6.30. The average Bonchev–Trinajstić information content (AvgIpc) is 2.03. The van der Waals surface area contributed by atoms with Gasteiger partial charge in [-0.3, -0.25) is 0 Å². The van der Waals surface area contributed by atoms with Gasteiger partial charge < -0.3 is 0 Å². The van der Waals surface area contributed by atoms with E-state index in [0.29, 0.717) is 0 Å². The molecule has 1 radical (unpaired) electrons. The summed E-state index contributed by atoms with van der Waals surface area (Å²) in [6.45, 7) is 5.90. The van der Waals surface area contributed by atoms with Crippen molar-refractivity contribution in [3.05, 3.63) is 6.92 Å². The third kappa shape index (κ3) is 7.24. The van der Waals surface area contributed by atoms with Crippen LogP contribution in [0.15, 0.2) is 0 Å². The fraction of sp³-hybridized carbons (Fsp3) is 0.900. The fourth-order valence-electron chi connectivity index (χ4n) is 1.12. The summed E-state index contributed by atoms with van der Waals surface area (Å²) in [7, 11) is 0. The smallest absolute Gasteiger partial charge is 0.0500 e. The molecule has 0 aliphatic rings. The molecule has 0 rings (SSSR count). The third-order valence-corrected chi connectivity index (χ3v) is 2.93. The number of hydrogen-bond donors (Lipinski definition) is 0. The molecule has 12 heavy (non-hydrogen) atoms. The van der Waals surface area contributed by atoms with Crippen LogP contribution in [0.2, 0.25) is 0 Å². The molecule has 0 bridgehead atoms. The Morgan fingerprint density at radius 1 is 1.08 bits per heavy atom. The second-order valence-electron chi connectivity index (χ2n) is 3.23. The predicted octanol–water partition coefficient (Wildman–Crippen LogP) is 4.40. The molecule has 0 saturated carbocycles. The molecule has 0 amide bonds. The predicted molar refractivity (Wildman–Crippen MR) is 58.0 cm³/mol. The highest BCUT2D eigenvalue weighted by Crippen LogP contribution is 2.16. The van der Waals surface area contributed by atoms with Crippen LogP contribution < -0.4 is 0 Å². The van der Waals surface area contributed by atoms with Gasteiger partial charge in [0.25, 0.3) is 0 Å². The number of halogens is 2. The van der Waals surface area contributed by atoms with Gasteiger partial charge >= 0.3 is 0 Å². The molecule has 0 spiro atoms. The standard InChI is InChI=1S/C10H19Cl2/c1-3-4-5-6-7-8-10(12)9(2)11/h9-10H,2-8H2,1H3. The Bertz CT molecular complexity index is 91.8. The Kier molecular flexibility index (Phi) is 8.59. The van der Waals surface area contributed by atoms with Crippen LogP contribution in [-0.2, 0) is 0 Å². The first-order valence-electron chi connectivity index (χ1n) is 4.79. The maximum Gasteiger partial charge on any atom is 0.0500 e. The molecule has 0 heterocycles. The Morgan fingerprint density at radius 3 is 2.17 bits per heavy atom. The molecular weight excluding hydrogens is 191 g/mol. The molecule has 0 aromatic heterocycles. The zero-order valence-corrected chi connectivity index (χ0v) is 9.37.